The molecule has 4 rings (SSSR count). The van der Waals surface area contributed by atoms with Gasteiger partial charge in [0, 0.05) is 31.3 Å². The molecule has 1 aliphatic heterocycles. The number of anilines is 1. The average molecular weight is 354 g/mol. The molecule has 2 aromatic carbocycles. The number of nitrogens with two attached hydrogens (primary N) is 1. The van der Waals surface area contributed by atoms with Crippen LogP contribution in [-0.2, 0) is 5.67 Å². The number of hydrogen-bond donors (Lipinski definition) is 2. The molecule has 0 saturated carbocycles. The van der Waals surface area contributed by atoms with E-state index >= 15 is 4.39 Å². The van der Waals surface area contributed by atoms with Crippen molar-refractivity contribution < 1.29 is 14.3 Å². The fraction of sp³-hybridized carbons (Fsp3) is 0.263. The summed E-state index contributed by atoms with van der Waals surface area (Å²) in [5.74, 6) is 0.427. The monoisotopic (exact) mass is 354 g/mol. The van der Waals surface area contributed by atoms with Gasteiger partial charge in [0.2, 0.25) is 0 Å². The van der Waals surface area contributed by atoms with Crippen molar-refractivity contribution in [2.75, 3.05) is 18.8 Å². The number of carboxylic acid groups (broad SMARTS) is 1. The maximum absolute atomic E-state index is 15.5. The fourth-order valence-corrected chi connectivity index (χ4v) is 3.54. The Morgan fingerprint density at radius 2 is 1.88 bits per heavy atom. The van der Waals surface area contributed by atoms with Crippen molar-refractivity contribution >= 4 is 22.8 Å². The van der Waals surface area contributed by atoms with Gasteiger partial charge in [0.05, 0.1) is 11.2 Å². The van der Waals surface area contributed by atoms with E-state index in [1.807, 2.05) is 30.3 Å². The van der Waals surface area contributed by atoms with Gasteiger partial charge in [-0.05, 0) is 29.8 Å². The van der Waals surface area contributed by atoms with E-state index in [-0.39, 0.29) is 25.9 Å². The first-order valence-corrected chi connectivity index (χ1v) is 8.49. The molecule has 1 fully saturated rings. The quantitative estimate of drug-likeness (QED) is 0.737. The van der Waals surface area contributed by atoms with E-state index < -0.39 is 11.8 Å². The number of piperidine rings is 1. The van der Waals surface area contributed by atoms with E-state index in [0.717, 1.165) is 16.6 Å². The van der Waals surface area contributed by atoms with Crippen LogP contribution < -0.4 is 5.73 Å². The van der Waals surface area contributed by atoms with Crippen LogP contribution in [0.3, 0.4) is 0 Å². The van der Waals surface area contributed by atoms with Gasteiger partial charge in [-0.1, -0.05) is 24.3 Å². The van der Waals surface area contributed by atoms with Crippen molar-refractivity contribution in [1.82, 2.24) is 14.7 Å². The number of likely N-dealkylation sites (tertiary alicyclic amines) is 1. The number of amides is 1. The second-order valence-corrected chi connectivity index (χ2v) is 6.60. The van der Waals surface area contributed by atoms with Gasteiger partial charge in [-0.15, -0.1) is 5.10 Å². The van der Waals surface area contributed by atoms with Crippen molar-refractivity contribution in [2.24, 2.45) is 0 Å². The molecular formula is C19H19FN4O2. The largest absolute Gasteiger partial charge is 0.465 e. The molecule has 0 atom stereocenters. The van der Waals surface area contributed by atoms with Crippen molar-refractivity contribution in [3.05, 3.63) is 54.1 Å². The van der Waals surface area contributed by atoms with E-state index in [9.17, 15) is 4.79 Å². The lowest BCUT2D eigenvalue weighted by molar-refractivity contribution is 0.0551. The Morgan fingerprint density at radius 3 is 2.62 bits per heavy atom. The number of rotatable bonds is 2. The van der Waals surface area contributed by atoms with Gasteiger partial charge in [-0.2, -0.15) is 0 Å². The molecule has 0 bridgehead atoms. The summed E-state index contributed by atoms with van der Waals surface area (Å²) in [6.45, 7) is 0.376. The normalized spacial score (nSPS) is 16.7. The molecule has 0 radical (unpaired) electrons. The number of nitrogens with zero attached hydrogens (tertiary/aromatic N) is 3. The van der Waals surface area contributed by atoms with Crippen LogP contribution >= 0.6 is 0 Å². The standard InChI is InChI=1S/C19H19FN4O2/c20-19(8-10-23(11-9-19)18(25)26)13-4-3-5-14(12-13)24-16-7-2-1-6-15(16)17(21)22-24/h1-7,12H,8-11H2,(H2,21,22)(H,25,26). The van der Waals surface area contributed by atoms with E-state index in [0.29, 0.717) is 11.4 Å². The summed E-state index contributed by atoms with van der Waals surface area (Å²) >= 11 is 0. The Labute approximate surface area is 149 Å². The minimum Gasteiger partial charge on any atom is -0.465 e. The second kappa shape index (κ2) is 6.01. The third-order valence-corrected chi connectivity index (χ3v) is 5.05. The van der Waals surface area contributed by atoms with Gasteiger partial charge in [-0.25, -0.2) is 13.9 Å². The predicted octanol–water partition coefficient (Wildman–Crippen LogP) is 3.55. The van der Waals surface area contributed by atoms with Crippen molar-refractivity contribution in [2.45, 2.75) is 18.5 Å². The smallest absolute Gasteiger partial charge is 0.407 e. The number of benzene rings is 2. The summed E-state index contributed by atoms with van der Waals surface area (Å²) in [5, 5.41) is 14.3. The minimum atomic E-state index is -1.55. The van der Waals surface area contributed by atoms with Crippen LogP contribution in [0, 0.1) is 0 Å². The summed E-state index contributed by atoms with van der Waals surface area (Å²) < 4.78 is 17.2. The number of fused-ring (bicyclic) bond motifs is 1. The van der Waals surface area contributed by atoms with Gasteiger partial charge in [0.1, 0.15) is 5.67 Å². The molecule has 1 aromatic heterocycles. The molecule has 134 valence electrons. The van der Waals surface area contributed by atoms with Crippen LogP contribution in [0.2, 0.25) is 0 Å². The molecule has 3 aromatic rings. The third kappa shape index (κ3) is 2.65. The van der Waals surface area contributed by atoms with Crippen molar-refractivity contribution in [3.8, 4) is 5.69 Å². The molecule has 3 N–H and O–H groups in total. The first kappa shape index (κ1) is 16.4. The maximum Gasteiger partial charge on any atom is 0.407 e. The van der Waals surface area contributed by atoms with E-state index in [1.54, 1.807) is 22.9 Å². The molecule has 0 spiro atoms. The van der Waals surface area contributed by atoms with E-state index in [1.165, 1.54) is 4.90 Å². The molecule has 2 heterocycles. The van der Waals surface area contributed by atoms with Gasteiger partial charge in [-0.3, -0.25) is 0 Å². The third-order valence-electron chi connectivity index (χ3n) is 5.05. The van der Waals surface area contributed by atoms with E-state index in [4.69, 9.17) is 10.8 Å². The van der Waals surface area contributed by atoms with Crippen molar-refractivity contribution in [3.63, 3.8) is 0 Å². The lowest BCUT2D eigenvalue weighted by Gasteiger charge is -2.35. The summed E-state index contributed by atoms with van der Waals surface area (Å²) in [5.41, 5.74) is 6.58. The first-order chi connectivity index (χ1) is 12.5. The van der Waals surface area contributed by atoms with Gasteiger partial charge in [0.15, 0.2) is 5.82 Å². The fourth-order valence-electron chi connectivity index (χ4n) is 3.54. The number of nitrogen functional groups attached to an aromatic ring is 1. The molecular weight excluding hydrogens is 335 g/mol. The molecule has 1 aliphatic rings. The summed E-state index contributed by atoms with van der Waals surface area (Å²) in [6.07, 6.45) is -0.713. The van der Waals surface area contributed by atoms with Crippen LogP contribution in [0.5, 0.6) is 0 Å². The van der Waals surface area contributed by atoms with Crippen LogP contribution in [0.4, 0.5) is 15.0 Å². The first-order valence-electron chi connectivity index (χ1n) is 8.49. The second-order valence-electron chi connectivity index (χ2n) is 6.60. The SMILES string of the molecule is Nc1nn(-c2cccc(C3(F)CCN(C(=O)O)CC3)c2)c2ccccc12. The summed E-state index contributed by atoms with van der Waals surface area (Å²) in [6, 6.07) is 14.8. The molecule has 0 unspecified atom stereocenters. The lowest BCUT2D eigenvalue weighted by atomic mass is 9.86. The van der Waals surface area contributed by atoms with Crippen LogP contribution in [0.25, 0.3) is 16.6 Å². The predicted molar refractivity (Wildman–Crippen MR) is 97.1 cm³/mol. The Hall–Kier alpha value is -3.09. The van der Waals surface area contributed by atoms with Crippen LogP contribution in [0.15, 0.2) is 48.5 Å². The number of halogens is 1. The Bertz CT molecular complexity index is 977. The molecule has 0 aliphatic carbocycles. The zero-order valence-electron chi connectivity index (χ0n) is 14.1. The highest BCUT2D eigenvalue weighted by Gasteiger charge is 2.37. The minimum absolute atomic E-state index is 0.144. The topological polar surface area (TPSA) is 84.4 Å². The average Bonchev–Trinajstić information content (AvgIpc) is 2.99. The highest BCUT2D eigenvalue weighted by molar-refractivity contribution is 5.90. The number of carbonyl (C=O) groups is 1. The number of hydrogen-bond acceptors (Lipinski definition) is 3. The number of para-hydroxylation sites is 1. The zero-order valence-corrected chi connectivity index (χ0v) is 14.1. The molecule has 26 heavy (non-hydrogen) atoms. The van der Waals surface area contributed by atoms with E-state index in [2.05, 4.69) is 5.10 Å². The highest BCUT2D eigenvalue weighted by atomic mass is 19.1. The Kier molecular flexibility index (Phi) is 3.79. The number of aromatic nitrogens is 2. The molecule has 7 heteroatoms. The van der Waals surface area contributed by atoms with Crippen LogP contribution in [0.1, 0.15) is 18.4 Å². The summed E-state index contributed by atoms with van der Waals surface area (Å²) in [7, 11) is 0. The molecule has 1 saturated heterocycles. The Balaban J connectivity index is 1.70. The molecule has 1 amide bonds. The maximum atomic E-state index is 15.5. The lowest BCUT2D eigenvalue weighted by Crippen LogP contribution is -2.42. The van der Waals surface area contributed by atoms with Crippen LogP contribution in [-0.4, -0.2) is 39.0 Å². The highest BCUT2D eigenvalue weighted by Crippen LogP contribution is 2.38. The van der Waals surface area contributed by atoms with Gasteiger partial charge in [0.25, 0.3) is 0 Å². The summed E-state index contributed by atoms with van der Waals surface area (Å²) in [4.78, 5) is 12.3. The van der Waals surface area contributed by atoms with Crippen molar-refractivity contribution in [1.29, 1.82) is 0 Å². The Morgan fingerprint density at radius 1 is 1.15 bits per heavy atom. The zero-order chi connectivity index (χ0) is 18.3. The molecule has 6 nitrogen and oxygen atoms in total. The number of alkyl halides is 1. The van der Waals surface area contributed by atoms with Gasteiger partial charge >= 0.3 is 6.09 Å². The van der Waals surface area contributed by atoms with Gasteiger partial charge < -0.3 is 15.7 Å².